The molecular formula is C13H16BrNO4. The van der Waals surface area contributed by atoms with Crippen LogP contribution in [0.5, 0.6) is 5.75 Å². The molecule has 1 rings (SSSR count). The second-order valence-electron chi connectivity index (χ2n) is 3.94. The highest BCUT2D eigenvalue weighted by molar-refractivity contribution is 9.10. The second kappa shape index (κ2) is 7.13. The summed E-state index contributed by atoms with van der Waals surface area (Å²) in [6.45, 7) is 0.437. The zero-order valence-electron chi connectivity index (χ0n) is 11.1. The van der Waals surface area contributed by atoms with Gasteiger partial charge in [0.2, 0.25) is 0 Å². The van der Waals surface area contributed by atoms with Crippen LogP contribution in [0.3, 0.4) is 0 Å². The molecule has 1 aromatic carbocycles. The fourth-order valence-electron chi connectivity index (χ4n) is 1.51. The summed E-state index contributed by atoms with van der Waals surface area (Å²) in [6.07, 6.45) is 0.641. The molecule has 0 bridgehead atoms. The third-order valence-corrected chi connectivity index (χ3v) is 3.28. The molecule has 6 heteroatoms. The highest BCUT2D eigenvalue weighted by atomic mass is 79.9. The fraction of sp³-hybridized carbons (Fsp3) is 0.385. The van der Waals surface area contributed by atoms with Crippen molar-refractivity contribution in [3.05, 3.63) is 28.2 Å². The summed E-state index contributed by atoms with van der Waals surface area (Å²) >= 11 is 3.40. The molecule has 0 atom stereocenters. The van der Waals surface area contributed by atoms with Crippen LogP contribution in [-0.4, -0.2) is 44.6 Å². The van der Waals surface area contributed by atoms with E-state index >= 15 is 0 Å². The lowest BCUT2D eigenvalue weighted by Gasteiger charge is -2.15. The largest absolute Gasteiger partial charge is 0.496 e. The van der Waals surface area contributed by atoms with Crippen molar-refractivity contribution >= 4 is 27.8 Å². The van der Waals surface area contributed by atoms with Crippen molar-refractivity contribution in [2.24, 2.45) is 0 Å². The molecule has 0 spiro atoms. The fourth-order valence-corrected chi connectivity index (χ4v) is 2.09. The first-order chi connectivity index (χ1) is 8.99. The minimum Gasteiger partial charge on any atom is -0.496 e. The number of benzene rings is 1. The van der Waals surface area contributed by atoms with Crippen LogP contribution in [0.2, 0.25) is 0 Å². The Morgan fingerprint density at radius 1 is 1.32 bits per heavy atom. The van der Waals surface area contributed by atoms with E-state index < -0.39 is 11.9 Å². The number of amides is 1. The van der Waals surface area contributed by atoms with Gasteiger partial charge in [-0.15, -0.1) is 0 Å². The van der Waals surface area contributed by atoms with Crippen molar-refractivity contribution in [3.63, 3.8) is 0 Å². The summed E-state index contributed by atoms with van der Waals surface area (Å²) < 4.78 is 10.4. The van der Waals surface area contributed by atoms with E-state index in [9.17, 15) is 9.59 Å². The van der Waals surface area contributed by atoms with Crippen molar-refractivity contribution in [1.29, 1.82) is 0 Å². The lowest BCUT2D eigenvalue weighted by atomic mass is 10.1. The van der Waals surface area contributed by atoms with E-state index in [0.29, 0.717) is 13.0 Å². The number of nitrogens with zero attached hydrogens (tertiary/aromatic N) is 1. The van der Waals surface area contributed by atoms with Gasteiger partial charge in [-0.3, -0.25) is 4.79 Å². The molecule has 1 aromatic rings. The Morgan fingerprint density at radius 2 is 2.00 bits per heavy atom. The molecule has 0 saturated heterocycles. The van der Waals surface area contributed by atoms with Crippen LogP contribution in [-0.2, 0) is 20.7 Å². The topological polar surface area (TPSA) is 55.8 Å². The highest BCUT2D eigenvalue weighted by Gasteiger charge is 2.18. The second-order valence-corrected chi connectivity index (χ2v) is 4.79. The van der Waals surface area contributed by atoms with Gasteiger partial charge < -0.3 is 14.4 Å². The number of hydrogen-bond acceptors (Lipinski definition) is 4. The number of methoxy groups -OCH3 is 2. The standard InChI is InChI=1S/C13H16BrNO4/c1-15(12(16)13(17)19-3)7-6-9-4-5-11(18-2)10(14)8-9/h4-5,8H,6-7H2,1-3H3. The number of ether oxygens (including phenoxy) is 2. The summed E-state index contributed by atoms with van der Waals surface area (Å²) in [5.41, 5.74) is 1.04. The van der Waals surface area contributed by atoms with Crippen LogP contribution in [0.1, 0.15) is 5.56 Å². The van der Waals surface area contributed by atoms with Crippen LogP contribution in [0.25, 0.3) is 0 Å². The van der Waals surface area contributed by atoms with E-state index in [2.05, 4.69) is 20.7 Å². The Balaban J connectivity index is 2.59. The number of rotatable bonds is 4. The van der Waals surface area contributed by atoms with Gasteiger partial charge in [-0.2, -0.15) is 0 Å². The molecule has 0 aliphatic heterocycles. The predicted octanol–water partition coefficient (Wildman–Crippen LogP) is 1.63. The maximum Gasteiger partial charge on any atom is 0.396 e. The number of halogens is 1. The summed E-state index contributed by atoms with van der Waals surface area (Å²) in [6, 6.07) is 5.69. The average molecular weight is 330 g/mol. The Bertz CT molecular complexity index is 476. The summed E-state index contributed by atoms with van der Waals surface area (Å²) in [4.78, 5) is 23.9. The van der Waals surface area contributed by atoms with E-state index in [1.165, 1.54) is 12.0 Å². The molecular weight excluding hydrogens is 314 g/mol. The van der Waals surface area contributed by atoms with Gasteiger partial charge in [0.05, 0.1) is 18.7 Å². The van der Waals surface area contributed by atoms with Crippen molar-refractivity contribution < 1.29 is 19.1 Å². The highest BCUT2D eigenvalue weighted by Crippen LogP contribution is 2.25. The maximum absolute atomic E-state index is 11.5. The SMILES string of the molecule is COC(=O)C(=O)N(C)CCc1ccc(OC)c(Br)c1. The first-order valence-electron chi connectivity index (χ1n) is 5.65. The molecule has 0 fully saturated rings. The molecule has 0 heterocycles. The zero-order chi connectivity index (χ0) is 14.4. The molecule has 0 saturated carbocycles. The van der Waals surface area contributed by atoms with Gasteiger partial charge in [-0.25, -0.2) is 4.79 Å². The van der Waals surface area contributed by atoms with Gasteiger partial charge in [0.25, 0.3) is 0 Å². The molecule has 0 aromatic heterocycles. The van der Waals surface area contributed by atoms with Crippen LogP contribution >= 0.6 is 15.9 Å². The third kappa shape index (κ3) is 4.24. The molecule has 104 valence electrons. The quantitative estimate of drug-likeness (QED) is 0.622. The van der Waals surface area contributed by atoms with Crippen LogP contribution < -0.4 is 4.74 Å². The molecule has 0 N–H and O–H groups in total. The van der Waals surface area contributed by atoms with Crippen molar-refractivity contribution in [2.75, 3.05) is 27.8 Å². The Labute approximate surface area is 120 Å². The van der Waals surface area contributed by atoms with Crippen molar-refractivity contribution in [3.8, 4) is 5.75 Å². The number of carbonyl (C=O) groups excluding carboxylic acids is 2. The van der Waals surface area contributed by atoms with E-state index in [-0.39, 0.29) is 0 Å². The molecule has 0 aliphatic rings. The molecule has 5 nitrogen and oxygen atoms in total. The van der Waals surface area contributed by atoms with E-state index in [0.717, 1.165) is 15.8 Å². The minimum atomic E-state index is -0.849. The number of likely N-dealkylation sites (N-methyl/N-ethyl adjacent to an activating group) is 1. The average Bonchev–Trinajstić information content (AvgIpc) is 2.43. The smallest absolute Gasteiger partial charge is 0.396 e. The third-order valence-electron chi connectivity index (χ3n) is 2.66. The number of carbonyl (C=O) groups is 2. The minimum absolute atomic E-state index is 0.437. The Hall–Kier alpha value is -1.56. The molecule has 0 unspecified atom stereocenters. The molecule has 0 aliphatic carbocycles. The van der Waals surface area contributed by atoms with E-state index in [1.807, 2.05) is 18.2 Å². The monoisotopic (exact) mass is 329 g/mol. The lowest BCUT2D eigenvalue weighted by molar-refractivity contribution is -0.157. The first kappa shape index (κ1) is 15.5. The van der Waals surface area contributed by atoms with Crippen LogP contribution in [0, 0.1) is 0 Å². The van der Waals surface area contributed by atoms with Gasteiger partial charge in [0.1, 0.15) is 5.75 Å². The van der Waals surface area contributed by atoms with Gasteiger partial charge in [-0.05, 0) is 40.0 Å². The molecule has 19 heavy (non-hydrogen) atoms. The van der Waals surface area contributed by atoms with E-state index in [4.69, 9.17) is 4.74 Å². The predicted molar refractivity (Wildman–Crippen MR) is 74.1 cm³/mol. The summed E-state index contributed by atoms with van der Waals surface area (Å²) in [5.74, 6) is -0.740. The Kier molecular flexibility index (Phi) is 5.82. The zero-order valence-corrected chi connectivity index (χ0v) is 12.7. The maximum atomic E-state index is 11.5. The Morgan fingerprint density at radius 3 is 2.53 bits per heavy atom. The van der Waals surface area contributed by atoms with Crippen LogP contribution in [0.15, 0.2) is 22.7 Å². The molecule has 1 amide bonds. The first-order valence-corrected chi connectivity index (χ1v) is 6.44. The van der Waals surface area contributed by atoms with Gasteiger partial charge in [0, 0.05) is 13.6 Å². The van der Waals surface area contributed by atoms with Crippen molar-refractivity contribution in [2.45, 2.75) is 6.42 Å². The number of esters is 1. The lowest BCUT2D eigenvalue weighted by Crippen LogP contribution is -2.35. The summed E-state index contributed by atoms with van der Waals surface area (Å²) in [5, 5.41) is 0. The van der Waals surface area contributed by atoms with E-state index in [1.54, 1.807) is 14.2 Å². The normalized spacial score (nSPS) is 9.89. The van der Waals surface area contributed by atoms with Gasteiger partial charge in [0.15, 0.2) is 0 Å². The molecule has 0 radical (unpaired) electrons. The van der Waals surface area contributed by atoms with Gasteiger partial charge >= 0.3 is 11.9 Å². The van der Waals surface area contributed by atoms with Crippen molar-refractivity contribution in [1.82, 2.24) is 4.90 Å². The summed E-state index contributed by atoms with van der Waals surface area (Å²) in [7, 11) is 4.36. The van der Waals surface area contributed by atoms with Gasteiger partial charge in [-0.1, -0.05) is 6.07 Å². The number of hydrogen-bond donors (Lipinski definition) is 0. The van der Waals surface area contributed by atoms with Crippen LogP contribution in [0.4, 0.5) is 0 Å².